The number of nitrogens with one attached hydrogen (secondary N) is 1. The summed E-state index contributed by atoms with van der Waals surface area (Å²) in [6, 6.07) is 12.7. The number of piperazine rings is 1. The second-order valence-electron chi connectivity index (χ2n) is 6.11. The molecule has 25 heavy (non-hydrogen) atoms. The Hall–Kier alpha value is -2.24. The fraction of sp³-hybridized carbons (Fsp3) is 0.316. The lowest BCUT2D eigenvalue weighted by Gasteiger charge is -2.35. The van der Waals surface area contributed by atoms with Crippen LogP contribution in [0.2, 0.25) is 5.02 Å². The summed E-state index contributed by atoms with van der Waals surface area (Å²) in [5.41, 5.74) is 2.15. The normalized spacial score (nSPS) is 15.1. The maximum Gasteiger partial charge on any atom is 0.255 e. The van der Waals surface area contributed by atoms with Crippen LogP contribution >= 0.6 is 11.6 Å². The zero-order valence-corrected chi connectivity index (χ0v) is 15.2. The summed E-state index contributed by atoms with van der Waals surface area (Å²) in [4.78, 5) is 17.1. The smallest absolute Gasteiger partial charge is 0.255 e. The van der Waals surface area contributed by atoms with Gasteiger partial charge in [0.1, 0.15) is 5.75 Å². The fourth-order valence-electron chi connectivity index (χ4n) is 2.93. The highest BCUT2D eigenvalue weighted by Gasteiger charge is 2.20. The number of nitrogens with zero attached hydrogens (tertiary/aromatic N) is 2. The molecule has 1 aliphatic heterocycles. The summed E-state index contributed by atoms with van der Waals surface area (Å²) < 4.78 is 5.19. The Morgan fingerprint density at radius 2 is 1.84 bits per heavy atom. The largest absolute Gasteiger partial charge is 0.497 e. The van der Waals surface area contributed by atoms with E-state index in [9.17, 15) is 4.79 Å². The third-order valence-corrected chi connectivity index (χ3v) is 4.69. The van der Waals surface area contributed by atoms with Gasteiger partial charge in [-0.05, 0) is 37.4 Å². The molecule has 132 valence electrons. The molecule has 0 aliphatic carbocycles. The van der Waals surface area contributed by atoms with E-state index in [4.69, 9.17) is 16.3 Å². The molecule has 5 nitrogen and oxygen atoms in total. The average molecular weight is 360 g/mol. The van der Waals surface area contributed by atoms with Gasteiger partial charge in [0.2, 0.25) is 0 Å². The number of hydrogen-bond donors (Lipinski definition) is 1. The zero-order valence-electron chi connectivity index (χ0n) is 14.5. The number of hydrogen-bond acceptors (Lipinski definition) is 4. The van der Waals surface area contributed by atoms with E-state index in [1.165, 1.54) is 0 Å². The van der Waals surface area contributed by atoms with Crippen molar-refractivity contribution in [2.75, 3.05) is 50.6 Å². The van der Waals surface area contributed by atoms with Crippen molar-refractivity contribution in [1.29, 1.82) is 0 Å². The predicted octanol–water partition coefficient (Wildman–Crippen LogP) is 3.35. The van der Waals surface area contributed by atoms with Gasteiger partial charge in [-0.3, -0.25) is 4.79 Å². The summed E-state index contributed by atoms with van der Waals surface area (Å²) in [5.74, 6) is 0.467. The van der Waals surface area contributed by atoms with Crippen LogP contribution in [0, 0.1) is 0 Å². The summed E-state index contributed by atoms with van der Waals surface area (Å²) >= 11 is 6.45. The first-order valence-corrected chi connectivity index (χ1v) is 8.63. The van der Waals surface area contributed by atoms with Crippen molar-refractivity contribution >= 4 is 28.9 Å². The number of carbonyl (C=O) groups excluding carboxylic acids is 1. The van der Waals surface area contributed by atoms with Crippen LogP contribution < -0.4 is 15.0 Å². The van der Waals surface area contributed by atoms with E-state index >= 15 is 0 Å². The van der Waals surface area contributed by atoms with E-state index in [1.807, 2.05) is 24.3 Å². The topological polar surface area (TPSA) is 44.8 Å². The Bertz CT molecular complexity index is 758. The maximum absolute atomic E-state index is 12.6. The van der Waals surface area contributed by atoms with E-state index in [0.29, 0.717) is 16.3 Å². The monoisotopic (exact) mass is 359 g/mol. The van der Waals surface area contributed by atoms with Crippen LogP contribution in [0.15, 0.2) is 42.5 Å². The number of amides is 1. The van der Waals surface area contributed by atoms with E-state index in [2.05, 4.69) is 22.2 Å². The zero-order chi connectivity index (χ0) is 17.8. The highest BCUT2D eigenvalue weighted by molar-refractivity contribution is 6.34. The maximum atomic E-state index is 12.6. The molecule has 2 aromatic carbocycles. The van der Waals surface area contributed by atoms with Gasteiger partial charge < -0.3 is 19.9 Å². The first-order valence-electron chi connectivity index (χ1n) is 8.26. The van der Waals surface area contributed by atoms with Crippen LogP contribution in [0.4, 0.5) is 11.4 Å². The van der Waals surface area contributed by atoms with Crippen molar-refractivity contribution in [3.05, 3.63) is 53.1 Å². The number of ether oxygens (including phenoxy) is 1. The SMILES string of the molecule is COc1cccc(C(=O)Nc2cccc(Cl)c2N2CCN(C)CC2)c1. The van der Waals surface area contributed by atoms with Gasteiger partial charge >= 0.3 is 0 Å². The average Bonchev–Trinajstić information content (AvgIpc) is 2.63. The molecule has 0 radical (unpaired) electrons. The third-order valence-electron chi connectivity index (χ3n) is 4.39. The Labute approximate surface area is 153 Å². The molecule has 0 aromatic heterocycles. The van der Waals surface area contributed by atoms with Gasteiger partial charge in [-0.1, -0.05) is 23.7 Å². The molecule has 0 saturated carbocycles. The van der Waals surface area contributed by atoms with Crippen LogP contribution in [-0.2, 0) is 0 Å². The van der Waals surface area contributed by atoms with Crippen molar-refractivity contribution in [2.24, 2.45) is 0 Å². The minimum atomic E-state index is -0.184. The summed E-state index contributed by atoms with van der Waals surface area (Å²) in [6.45, 7) is 3.69. The highest BCUT2D eigenvalue weighted by atomic mass is 35.5. The lowest BCUT2D eigenvalue weighted by Crippen LogP contribution is -2.44. The van der Waals surface area contributed by atoms with Crippen LogP contribution in [0.1, 0.15) is 10.4 Å². The van der Waals surface area contributed by atoms with Crippen molar-refractivity contribution in [3.63, 3.8) is 0 Å². The lowest BCUT2D eigenvalue weighted by atomic mass is 10.1. The number of halogens is 1. The Morgan fingerprint density at radius 3 is 2.56 bits per heavy atom. The first kappa shape index (κ1) is 17.6. The molecular formula is C19H22ClN3O2. The minimum Gasteiger partial charge on any atom is -0.497 e. The number of anilines is 2. The number of benzene rings is 2. The van der Waals surface area contributed by atoms with E-state index in [1.54, 1.807) is 25.3 Å². The van der Waals surface area contributed by atoms with Crippen molar-refractivity contribution < 1.29 is 9.53 Å². The second-order valence-corrected chi connectivity index (χ2v) is 6.52. The van der Waals surface area contributed by atoms with Gasteiger partial charge in [0.05, 0.1) is 23.5 Å². The standard InChI is InChI=1S/C19H22ClN3O2/c1-22-9-11-23(12-10-22)18-16(20)7-4-8-17(18)21-19(24)14-5-3-6-15(13-14)25-2/h3-8,13H,9-12H2,1-2H3,(H,21,24). The summed E-state index contributed by atoms with van der Waals surface area (Å²) in [5, 5.41) is 3.64. The van der Waals surface area contributed by atoms with Gasteiger partial charge in [0, 0.05) is 31.7 Å². The summed E-state index contributed by atoms with van der Waals surface area (Å²) in [7, 11) is 3.69. The van der Waals surface area contributed by atoms with Crippen LogP contribution in [0.5, 0.6) is 5.75 Å². The molecule has 0 bridgehead atoms. The number of carbonyl (C=O) groups is 1. The lowest BCUT2D eigenvalue weighted by molar-refractivity contribution is 0.102. The van der Waals surface area contributed by atoms with Crippen LogP contribution in [0.3, 0.4) is 0 Å². The first-order chi connectivity index (χ1) is 12.1. The molecule has 2 aromatic rings. The van der Waals surface area contributed by atoms with Gasteiger partial charge in [-0.2, -0.15) is 0 Å². The van der Waals surface area contributed by atoms with E-state index in [-0.39, 0.29) is 5.91 Å². The van der Waals surface area contributed by atoms with Crippen LogP contribution in [0.25, 0.3) is 0 Å². The molecule has 3 rings (SSSR count). The number of methoxy groups -OCH3 is 1. The third kappa shape index (κ3) is 4.06. The molecule has 0 spiro atoms. The molecule has 1 heterocycles. The molecular weight excluding hydrogens is 338 g/mol. The Morgan fingerprint density at radius 1 is 1.12 bits per heavy atom. The van der Waals surface area contributed by atoms with E-state index in [0.717, 1.165) is 37.6 Å². The Kier molecular flexibility index (Phi) is 5.46. The van der Waals surface area contributed by atoms with Crippen molar-refractivity contribution in [1.82, 2.24) is 4.90 Å². The Balaban J connectivity index is 1.84. The second kappa shape index (κ2) is 7.76. The molecule has 1 N–H and O–H groups in total. The molecule has 1 aliphatic rings. The minimum absolute atomic E-state index is 0.184. The van der Waals surface area contributed by atoms with Gasteiger partial charge in [0.15, 0.2) is 0 Å². The van der Waals surface area contributed by atoms with Gasteiger partial charge in [0.25, 0.3) is 5.91 Å². The molecule has 1 fully saturated rings. The number of para-hydroxylation sites is 1. The highest BCUT2D eigenvalue weighted by Crippen LogP contribution is 2.34. The van der Waals surface area contributed by atoms with E-state index < -0.39 is 0 Å². The molecule has 1 amide bonds. The van der Waals surface area contributed by atoms with Crippen molar-refractivity contribution in [2.45, 2.75) is 0 Å². The number of likely N-dealkylation sites (N-methyl/N-ethyl adjacent to an activating group) is 1. The van der Waals surface area contributed by atoms with Gasteiger partial charge in [-0.25, -0.2) is 0 Å². The van der Waals surface area contributed by atoms with Crippen molar-refractivity contribution in [3.8, 4) is 5.75 Å². The molecule has 0 unspecified atom stereocenters. The quantitative estimate of drug-likeness (QED) is 0.909. The molecule has 6 heteroatoms. The van der Waals surface area contributed by atoms with Crippen LogP contribution in [-0.4, -0.2) is 51.1 Å². The fourth-order valence-corrected chi connectivity index (χ4v) is 3.22. The number of rotatable bonds is 4. The summed E-state index contributed by atoms with van der Waals surface area (Å²) in [6.07, 6.45) is 0. The molecule has 0 atom stereocenters. The molecule has 1 saturated heterocycles. The van der Waals surface area contributed by atoms with Gasteiger partial charge in [-0.15, -0.1) is 0 Å². The predicted molar refractivity (Wildman–Crippen MR) is 102 cm³/mol.